The first kappa shape index (κ1) is 13.6. The first-order valence-corrected chi connectivity index (χ1v) is 7.72. The number of aryl methyl sites for hydroxylation is 1. The molecule has 1 saturated carbocycles. The molecular weight excluding hydrogens is 248 g/mol. The average Bonchev–Trinajstić information content (AvgIpc) is 3.22. The summed E-state index contributed by atoms with van der Waals surface area (Å²) in [7, 11) is 0. The van der Waals surface area contributed by atoms with Gasteiger partial charge in [0.2, 0.25) is 0 Å². The molecule has 0 radical (unpaired) electrons. The van der Waals surface area contributed by atoms with E-state index in [9.17, 15) is 0 Å². The van der Waals surface area contributed by atoms with Gasteiger partial charge in [0.1, 0.15) is 5.82 Å². The second-order valence-electron chi connectivity index (χ2n) is 5.92. The van der Waals surface area contributed by atoms with Crippen LogP contribution in [0.5, 0.6) is 0 Å². The quantitative estimate of drug-likeness (QED) is 0.602. The molecule has 1 aromatic heterocycles. The molecule has 1 aliphatic carbocycles. The second kappa shape index (κ2) is 5.94. The fourth-order valence-corrected chi connectivity index (χ4v) is 2.94. The van der Waals surface area contributed by atoms with E-state index < -0.39 is 0 Å². The van der Waals surface area contributed by atoms with Crippen LogP contribution in [-0.2, 0) is 13.0 Å². The van der Waals surface area contributed by atoms with Crippen molar-refractivity contribution in [2.24, 2.45) is 11.8 Å². The van der Waals surface area contributed by atoms with Crippen LogP contribution >= 0.6 is 0 Å². The number of para-hydroxylation sites is 2. The van der Waals surface area contributed by atoms with E-state index in [1.807, 2.05) is 0 Å². The number of nitrogens with one attached hydrogen (secondary N) is 1. The number of fused-ring (bicyclic) bond motifs is 1. The van der Waals surface area contributed by atoms with Crippen LogP contribution in [0.15, 0.2) is 24.3 Å². The van der Waals surface area contributed by atoms with Crippen molar-refractivity contribution in [3.8, 4) is 0 Å². The predicted octanol–water partition coefficient (Wildman–Crippen LogP) is 2.62. The number of hydrogen-bond donors (Lipinski definition) is 2. The molecule has 0 saturated heterocycles. The van der Waals surface area contributed by atoms with E-state index in [-0.39, 0.29) is 0 Å². The standard InChI is InChI=1S/C16H24N4/c1-2-9-20-15-6-4-3-5-14(15)18-16(20)11-13(19-17)10-12-7-8-12/h3-6,12-13,19H,2,7-11,17H2,1H3. The number of benzene rings is 1. The van der Waals surface area contributed by atoms with E-state index in [1.165, 1.54) is 24.8 Å². The normalized spacial score (nSPS) is 16.7. The molecule has 3 rings (SSSR count). The molecule has 1 atom stereocenters. The molecule has 0 spiro atoms. The maximum absolute atomic E-state index is 5.73. The molecule has 2 aromatic rings. The predicted molar refractivity (Wildman–Crippen MR) is 82.2 cm³/mol. The summed E-state index contributed by atoms with van der Waals surface area (Å²) in [4.78, 5) is 4.81. The fraction of sp³-hybridized carbons (Fsp3) is 0.562. The van der Waals surface area contributed by atoms with Gasteiger partial charge >= 0.3 is 0 Å². The fourth-order valence-electron chi connectivity index (χ4n) is 2.94. The molecular formula is C16H24N4. The van der Waals surface area contributed by atoms with Crippen LogP contribution in [0.1, 0.15) is 38.4 Å². The summed E-state index contributed by atoms with van der Waals surface area (Å²) in [5, 5.41) is 0. The smallest absolute Gasteiger partial charge is 0.111 e. The number of nitrogens with two attached hydrogens (primary N) is 1. The minimum absolute atomic E-state index is 0.343. The zero-order valence-electron chi connectivity index (χ0n) is 12.2. The van der Waals surface area contributed by atoms with Crippen molar-refractivity contribution in [2.45, 2.75) is 51.6 Å². The Kier molecular flexibility index (Phi) is 4.03. The van der Waals surface area contributed by atoms with Crippen LogP contribution in [0.4, 0.5) is 0 Å². The molecule has 4 nitrogen and oxygen atoms in total. The summed E-state index contributed by atoms with van der Waals surface area (Å²) in [6.45, 7) is 3.23. The summed E-state index contributed by atoms with van der Waals surface area (Å²) in [6, 6.07) is 8.74. The van der Waals surface area contributed by atoms with Crippen molar-refractivity contribution in [2.75, 3.05) is 0 Å². The van der Waals surface area contributed by atoms with E-state index in [0.29, 0.717) is 6.04 Å². The number of aromatic nitrogens is 2. The highest BCUT2D eigenvalue weighted by atomic mass is 15.2. The SMILES string of the molecule is CCCn1c(CC(CC2CC2)NN)nc2ccccc21. The zero-order chi connectivity index (χ0) is 13.9. The Balaban J connectivity index is 1.86. The van der Waals surface area contributed by atoms with Crippen LogP contribution in [0.25, 0.3) is 11.0 Å². The van der Waals surface area contributed by atoms with E-state index in [0.717, 1.165) is 36.6 Å². The van der Waals surface area contributed by atoms with Gasteiger partial charge in [-0.1, -0.05) is 31.9 Å². The summed E-state index contributed by atoms with van der Waals surface area (Å²) < 4.78 is 2.35. The van der Waals surface area contributed by atoms with Gasteiger partial charge in [-0.2, -0.15) is 0 Å². The summed E-state index contributed by atoms with van der Waals surface area (Å²) in [6.07, 6.45) is 5.94. The molecule has 108 valence electrons. The van der Waals surface area contributed by atoms with Crippen LogP contribution in [-0.4, -0.2) is 15.6 Å². The molecule has 1 aliphatic rings. The molecule has 1 fully saturated rings. The molecule has 0 aliphatic heterocycles. The maximum atomic E-state index is 5.73. The summed E-state index contributed by atoms with van der Waals surface area (Å²) in [5.41, 5.74) is 5.32. The molecule has 1 unspecified atom stereocenters. The monoisotopic (exact) mass is 272 g/mol. The molecule has 0 bridgehead atoms. The Morgan fingerprint density at radius 2 is 2.20 bits per heavy atom. The first-order chi connectivity index (χ1) is 9.81. The topological polar surface area (TPSA) is 55.9 Å². The summed E-state index contributed by atoms with van der Waals surface area (Å²) in [5.74, 6) is 7.77. The lowest BCUT2D eigenvalue weighted by atomic mass is 10.1. The van der Waals surface area contributed by atoms with Crippen molar-refractivity contribution in [1.29, 1.82) is 0 Å². The molecule has 1 heterocycles. The molecule has 20 heavy (non-hydrogen) atoms. The average molecular weight is 272 g/mol. The lowest BCUT2D eigenvalue weighted by Gasteiger charge is -2.16. The molecule has 3 N–H and O–H groups in total. The maximum Gasteiger partial charge on any atom is 0.111 e. The van der Waals surface area contributed by atoms with Gasteiger partial charge in [0.25, 0.3) is 0 Å². The number of hydrazine groups is 1. The van der Waals surface area contributed by atoms with Gasteiger partial charge in [-0.15, -0.1) is 0 Å². The van der Waals surface area contributed by atoms with E-state index >= 15 is 0 Å². The Morgan fingerprint density at radius 3 is 2.90 bits per heavy atom. The Labute approximate surface area is 120 Å². The minimum atomic E-state index is 0.343. The number of rotatable bonds is 7. The van der Waals surface area contributed by atoms with Crippen LogP contribution in [0, 0.1) is 5.92 Å². The third kappa shape index (κ3) is 2.86. The lowest BCUT2D eigenvalue weighted by molar-refractivity contribution is 0.450. The van der Waals surface area contributed by atoms with Crippen LogP contribution < -0.4 is 11.3 Å². The third-order valence-electron chi connectivity index (χ3n) is 4.16. The van der Waals surface area contributed by atoms with Crippen molar-refractivity contribution >= 4 is 11.0 Å². The van der Waals surface area contributed by atoms with Crippen LogP contribution in [0.3, 0.4) is 0 Å². The second-order valence-corrected chi connectivity index (χ2v) is 5.92. The highest BCUT2D eigenvalue weighted by molar-refractivity contribution is 5.75. The largest absolute Gasteiger partial charge is 0.328 e. The summed E-state index contributed by atoms with van der Waals surface area (Å²) >= 11 is 0. The van der Waals surface area contributed by atoms with Gasteiger partial charge in [0.15, 0.2) is 0 Å². The number of imidazole rings is 1. The molecule has 1 aromatic carbocycles. The van der Waals surface area contributed by atoms with Gasteiger partial charge in [0.05, 0.1) is 11.0 Å². The Bertz CT molecular complexity index is 571. The lowest BCUT2D eigenvalue weighted by Crippen LogP contribution is -2.37. The highest BCUT2D eigenvalue weighted by Gasteiger charge is 2.26. The Hall–Kier alpha value is -1.39. The minimum Gasteiger partial charge on any atom is -0.328 e. The van der Waals surface area contributed by atoms with Crippen molar-refractivity contribution in [1.82, 2.24) is 15.0 Å². The van der Waals surface area contributed by atoms with Gasteiger partial charge in [-0.3, -0.25) is 11.3 Å². The zero-order valence-corrected chi connectivity index (χ0v) is 12.2. The van der Waals surface area contributed by atoms with Crippen molar-refractivity contribution < 1.29 is 0 Å². The van der Waals surface area contributed by atoms with Gasteiger partial charge in [0, 0.05) is 19.0 Å². The Morgan fingerprint density at radius 1 is 1.40 bits per heavy atom. The molecule has 4 heteroatoms. The van der Waals surface area contributed by atoms with Gasteiger partial charge in [-0.25, -0.2) is 4.98 Å². The van der Waals surface area contributed by atoms with Crippen molar-refractivity contribution in [3.05, 3.63) is 30.1 Å². The van der Waals surface area contributed by atoms with Gasteiger partial charge < -0.3 is 4.57 Å². The van der Waals surface area contributed by atoms with Crippen LogP contribution in [0.2, 0.25) is 0 Å². The van der Waals surface area contributed by atoms with Gasteiger partial charge in [-0.05, 0) is 30.9 Å². The molecule has 0 amide bonds. The first-order valence-electron chi connectivity index (χ1n) is 7.72. The number of nitrogens with zero attached hydrogens (tertiary/aromatic N) is 2. The van der Waals surface area contributed by atoms with E-state index in [2.05, 4.69) is 41.2 Å². The van der Waals surface area contributed by atoms with Crippen molar-refractivity contribution in [3.63, 3.8) is 0 Å². The van der Waals surface area contributed by atoms with E-state index in [4.69, 9.17) is 10.8 Å². The number of hydrogen-bond acceptors (Lipinski definition) is 3. The third-order valence-corrected chi connectivity index (χ3v) is 4.16. The highest BCUT2D eigenvalue weighted by Crippen LogP contribution is 2.34. The van der Waals surface area contributed by atoms with E-state index in [1.54, 1.807) is 0 Å².